The van der Waals surface area contributed by atoms with Crippen LogP contribution in [0.15, 0.2) is 199 Å². The Morgan fingerprint density at radius 3 is 1.67 bits per heavy atom. The summed E-state index contributed by atoms with van der Waals surface area (Å²) in [5.74, 6) is 0. The predicted molar refractivity (Wildman–Crippen MR) is 214 cm³/mol. The molecular formula is C48H32N2O. The molecule has 2 aromatic heterocycles. The number of hydrogen-bond donors (Lipinski definition) is 0. The lowest BCUT2D eigenvalue weighted by atomic mass is 9.93. The maximum absolute atomic E-state index is 6.61. The van der Waals surface area contributed by atoms with E-state index in [0.29, 0.717) is 0 Å². The minimum absolute atomic E-state index is 0.885. The summed E-state index contributed by atoms with van der Waals surface area (Å²) in [4.78, 5) is 2.30. The molecule has 8 aromatic carbocycles. The van der Waals surface area contributed by atoms with Crippen molar-refractivity contribution in [3.05, 3.63) is 194 Å². The van der Waals surface area contributed by atoms with E-state index in [1.165, 1.54) is 33.0 Å². The third-order valence-electron chi connectivity index (χ3n) is 9.96. The standard InChI is InChI=1S/C48H32N2O/c1-5-16-34(17-6-1)45-46-41-26-15-25-39(33-28-30-38(31-29-33)49(35-18-7-2-8-19-35)36-20-9-3-10-21-36)48(41)50(37-22-11-4-12-23-37)42(46)32-44-47(45)40-24-13-14-27-43(40)51-44/h1-32H. The fourth-order valence-corrected chi connectivity index (χ4v) is 7.79. The quantitative estimate of drug-likeness (QED) is 0.178. The van der Waals surface area contributed by atoms with E-state index in [2.05, 4.69) is 198 Å². The third kappa shape index (κ3) is 4.74. The highest BCUT2D eigenvalue weighted by atomic mass is 16.3. The first-order valence-corrected chi connectivity index (χ1v) is 17.4. The number of benzene rings is 8. The summed E-state index contributed by atoms with van der Waals surface area (Å²) in [6.45, 7) is 0. The molecule has 0 aliphatic carbocycles. The summed E-state index contributed by atoms with van der Waals surface area (Å²) in [5, 5.41) is 4.70. The van der Waals surface area contributed by atoms with Crippen molar-refractivity contribution >= 4 is 60.8 Å². The highest BCUT2D eigenvalue weighted by Gasteiger charge is 2.24. The van der Waals surface area contributed by atoms with E-state index in [9.17, 15) is 0 Å². The zero-order valence-corrected chi connectivity index (χ0v) is 27.8. The molecule has 2 heterocycles. The van der Waals surface area contributed by atoms with Crippen molar-refractivity contribution < 1.29 is 4.42 Å². The number of aromatic nitrogens is 1. The van der Waals surface area contributed by atoms with Crippen molar-refractivity contribution in [2.45, 2.75) is 0 Å². The molecule has 10 rings (SSSR count). The van der Waals surface area contributed by atoms with Crippen LogP contribution in [-0.4, -0.2) is 4.57 Å². The van der Waals surface area contributed by atoms with Crippen LogP contribution in [0.3, 0.4) is 0 Å². The average Bonchev–Trinajstić information content (AvgIpc) is 3.74. The summed E-state index contributed by atoms with van der Waals surface area (Å²) in [6, 6.07) is 68.9. The second-order valence-electron chi connectivity index (χ2n) is 12.9. The van der Waals surface area contributed by atoms with Gasteiger partial charge in [-0.05, 0) is 65.7 Å². The van der Waals surface area contributed by atoms with E-state index >= 15 is 0 Å². The van der Waals surface area contributed by atoms with Crippen LogP contribution in [0.5, 0.6) is 0 Å². The maximum Gasteiger partial charge on any atom is 0.138 e. The Kier molecular flexibility index (Phi) is 6.81. The number of hydrogen-bond acceptors (Lipinski definition) is 2. The van der Waals surface area contributed by atoms with Gasteiger partial charge >= 0.3 is 0 Å². The lowest BCUT2D eigenvalue weighted by Crippen LogP contribution is -2.09. The minimum Gasteiger partial charge on any atom is -0.456 e. The van der Waals surface area contributed by atoms with Crippen LogP contribution in [0.25, 0.3) is 71.7 Å². The summed E-state index contributed by atoms with van der Waals surface area (Å²) in [5.41, 5.74) is 13.2. The molecular weight excluding hydrogens is 621 g/mol. The van der Waals surface area contributed by atoms with Gasteiger partial charge in [0.1, 0.15) is 11.2 Å². The monoisotopic (exact) mass is 652 g/mol. The maximum atomic E-state index is 6.61. The molecule has 0 radical (unpaired) electrons. The molecule has 0 aliphatic heterocycles. The molecule has 0 fully saturated rings. The van der Waals surface area contributed by atoms with Gasteiger partial charge in [-0.2, -0.15) is 0 Å². The SMILES string of the molecule is c1ccc(-c2c3c(cc4c2c2cccc(-c5ccc(N(c6ccccc6)c6ccccc6)cc5)c2n4-c2ccccc2)oc2ccccc23)cc1. The van der Waals surface area contributed by atoms with E-state index in [1.54, 1.807) is 0 Å². The van der Waals surface area contributed by atoms with Gasteiger partial charge in [0.15, 0.2) is 0 Å². The van der Waals surface area contributed by atoms with Crippen molar-refractivity contribution in [1.29, 1.82) is 0 Å². The first-order chi connectivity index (χ1) is 25.3. The van der Waals surface area contributed by atoms with Gasteiger partial charge in [0.25, 0.3) is 0 Å². The molecule has 240 valence electrons. The number of furan rings is 1. The Bertz CT molecular complexity index is 2780. The summed E-state index contributed by atoms with van der Waals surface area (Å²) >= 11 is 0. The van der Waals surface area contributed by atoms with Crippen LogP contribution in [0.1, 0.15) is 0 Å². The molecule has 10 aromatic rings. The smallest absolute Gasteiger partial charge is 0.138 e. The van der Waals surface area contributed by atoms with E-state index in [1.807, 2.05) is 6.07 Å². The number of rotatable bonds is 6. The molecule has 0 spiro atoms. The van der Waals surface area contributed by atoms with Crippen LogP contribution < -0.4 is 4.90 Å². The Morgan fingerprint density at radius 2 is 0.980 bits per heavy atom. The van der Waals surface area contributed by atoms with E-state index in [-0.39, 0.29) is 0 Å². The highest BCUT2D eigenvalue weighted by Crippen LogP contribution is 2.48. The van der Waals surface area contributed by atoms with Gasteiger partial charge in [-0.15, -0.1) is 0 Å². The highest BCUT2D eigenvalue weighted by molar-refractivity contribution is 6.28. The molecule has 0 saturated heterocycles. The zero-order chi connectivity index (χ0) is 33.7. The largest absolute Gasteiger partial charge is 0.456 e. The summed E-state index contributed by atoms with van der Waals surface area (Å²) in [7, 11) is 0. The van der Waals surface area contributed by atoms with Gasteiger partial charge < -0.3 is 13.9 Å². The number of para-hydroxylation sites is 5. The van der Waals surface area contributed by atoms with Crippen molar-refractivity contribution in [3.63, 3.8) is 0 Å². The van der Waals surface area contributed by atoms with Gasteiger partial charge in [0.2, 0.25) is 0 Å². The molecule has 0 amide bonds. The van der Waals surface area contributed by atoms with E-state index in [0.717, 1.165) is 55.8 Å². The van der Waals surface area contributed by atoms with Crippen molar-refractivity contribution in [2.24, 2.45) is 0 Å². The Morgan fingerprint density at radius 1 is 0.412 bits per heavy atom. The van der Waals surface area contributed by atoms with Crippen molar-refractivity contribution in [1.82, 2.24) is 4.57 Å². The molecule has 3 nitrogen and oxygen atoms in total. The van der Waals surface area contributed by atoms with Gasteiger partial charge in [-0.25, -0.2) is 0 Å². The van der Waals surface area contributed by atoms with Crippen LogP contribution in [-0.2, 0) is 0 Å². The average molecular weight is 653 g/mol. The second kappa shape index (κ2) is 11.9. The molecule has 0 saturated carbocycles. The van der Waals surface area contributed by atoms with Gasteiger partial charge in [0.05, 0.1) is 11.0 Å². The summed E-state index contributed by atoms with van der Waals surface area (Å²) < 4.78 is 9.04. The van der Waals surface area contributed by atoms with Crippen molar-refractivity contribution in [2.75, 3.05) is 4.90 Å². The van der Waals surface area contributed by atoms with Crippen LogP contribution in [0.2, 0.25) is 0 Å². The van der Waals surface area contributed by atoms with Gasteiger partial charge in [0, 0.05) is 61.5 Å². The minimum atomic E-state index is 0.885. The van der Waals surface area contributed by atoms with E-state index < -0.39 is 0 Å². The fourth-order valence-electron chi connectivity index (χ4n) is 7.79. The lowest BCUT2D eigenvalue weighted by Gasteiger charge is -2.25. The van der Waals surface area contributed by atoms with Crippen molar-refractivity contribution in [3.8, 4) is 27.9 Å². The molecule has 0 unspecified atom stereocenters. The first kappa shape index (κ1) is 29.1. The Hall–Kier alpha value is -6.84. The first-order valence-electron chi connectivity index (χ1n) is 17.4. The molecule has 3 heteroatoms. The van der Waals surface area contributed by atoms with Crippen LogP contribution in [0.4, 0.5) is 17.1 Å². The van der Waals surface area contributed by atoms with Crippen LogP contribution >= 0.6 is 0 Å². The summed E-state index contributed by atoms with van der Waals surface area (Å²) in [6.07, 6.45) is 0. The third-order valence-corrected chi connectivity index (χ3v) is 9.96. The number of anilines is 3. The van der Waals surface area contributed by atoms with E-state index in [4.69, 9.17) is 4.42 Å². The molecule has 0 bridgehead atoms. The van der Waals surface area contributed by atoms with Gasteiger partial charge in [-0.1, -0.05) is 133 Å². The van der Waals surface area contributed by atoms with Crippen LogP contribution in [0, 0.1) is 0 Å². The molecule has 51 heavy (non-hydrogen) atoms. The fraction of sp³-hybridized carbons (Fsp3) is 0. The molecule has 0 aliphatic rings. The Balaban J connectivity index is 1.26. The topological polar surface area (TPSA) is 21.3 Å². The number of nitrogens with zero attached hydrogens (tertiary/aromatic N) is 2. The second-order valence-corrected chi connectivity index (χ2v) is 12.9. The lowest BCUT2D eigenvalue weighted by molar-refractivity contribution is 0.669. The zero-order valence-electron chi connectivity index (χ0n) is 27.8. The molecule has 0 N–H and O–H groups in total. The predicted octanol–water partition coefficient (Wildman–Crippen LogP) is 13.5. The molecule has 0 atom stereocenters. The van der Waals surface area contributed by atoms with Gasteiger partial charge in [-0.3, -0.25) is 0 Å². The Labute approximate surface area is 295 Å². The normalized spacial score (nSPS) is 11.5. The number of fused-ring (bicyclic) bond motifs is 6.